The monoisotopic (exact) mass is 268 g/mol. The van der Waals surface area contributed by atoms with E-state index in [0.29, 0.717) is 13.0 Å². The number of carbonyl (C=O) groups excluding carboxylic acids is 2. The summed E-state index contributed by atoms with van der Waals surface area (Å²) in [4.78, 5) is 32.7. The lowest BCUT2D eigenvalue weighted by Crippen LogP contribution is -2.50. The summed E-state index contributed by atoms with van der Waals surface area (Å²) in [6.45, 7) is 0.501. The van der Waals surface area contributed by atoms with Gasteiger partial charge in [-0.2, -0.15) is 0 Å². The first-order valence-electron chi connectivity index (χ1n) is 5.67. The average molecular weight is 269 g/mol. The van der Waals surface area contributed by atoms with Crippen LogP contribution in [0, 0.1) is 0 Å². The maximum absolute atomic E-state index is 12.2. The van der Waals surface area contributed by atoms with Gasteiger partial charge in [-0.05, 0) is 19.3 Å². The fourth-order valence-corrected chi connectivity index (χ4v) is 2.21. The first-order valence-corrected chi connectivity index (χ1v) is 6.05. The van der Waals surface area contributed by atoms with Gasteiger partial charge < -0.3 is 10.6 Å². The predicted molar refractivity (Wildman–Crippen MR) is 64.9 cm³/mol. The number of primary amides is 1. The Morgan fingerprint density at radius 1 is 1.39 bits per heavy atom. The van der Waals surface area contributed by atoms with Crippen LogP contribution < -0.4 is 5.73 Å². The highest BCUT2D eigenvalue weighted by atomic mass is 35.5. The van der Waals surface area contributed by atoms with Crippen molar-refractivity contribution in [1.82, 2.24) is 14.9 Å². The summed E-state index contributed by atoms with van der Waals surface area (Å²) < 4.78 is 0. The smallest absolute Gasteiger partial charge is 0.274 e. The number of rotatable bonds is 2. The Balaban J connectivity index is 2.23. The zero-order valence-corrected chi connectivity index (χ0v) is 10.4. The summed E-state index contributed by atoms with van der Waals surface area (Å²) in [7, 11) is 0. The third kappa shape index (κ3) is 2.59. The van der Waals surface area contributed by atoms with Gasteiger partial charge in [-0.25, -0.2) is 4.98 Å². The summed E-state index contributed by atoms with van der Waals surface area (Å²) in [5, 5.41) is 0.147. The van der Waals surface area contributed by atoms with Crippen LogP contribution >= 0.6 is 11.6 Å². The second-order valence-electron chi connectivity index (χ2n) is 4.14. The fourth-order valence-electron chi connectivity index (χ4n) is 2.06. The van der Waals surface area contributed by atoms with Crippen molar-refractivity contribution in [3.05, 3.63) is 23.2 Å². The quantitative estimate of drug-likeness (QED) is 0.851. The van der Waals surface area contributed by atoms with Crippen LogP contribution in [0.1, 0.15) is 29.8 Å². The standard InChI is InChI=1S/C11H13ClN4O2/c12-9-6-14-5-7(15-9)11(18)16-4-2-1-3-8(16)10(13)17/h5-6,8H,1-4H2,(H2,13,17). The number of piperidine rings is 1. The van der Waals surface area contributed by atoms with Crippen LogP contribution in [0.2, 0.25) is 5.15 Å². The third-order valence-electron chi connectivity index (χ3n) is 2.92. The topological polar surface area (TPSA) is 89.2 Å². The second-order valence-corrected chi connectivity index (χ2v) is 4.53. The second kappa shape index (κ2) is 5.30. The summed E-state index contributed by atoms with van der Waals surface area (Å²) in [6, 6.07) is -0.563. The van der Waals surface area contributed by atoms with E-state index in [-0.39, 0.29) is 16.8 Å². The minimum atomic E-state index is -0.563. The molecule has 1 unspecified atom stereocenters. The largest absolute Gasteiger partial charge is 0.368 e. The summed E-state index contributed by atoms with van der Waals surface area (Å²) in [5.41, 5.74) is 5.44. The first kappa shape index (κ1) is 12.8. The number of nitrogens with two attached hydrogens (primary N) is 1. The Morgan fingerprint density at radius 3 is 2.83 bits per heavy atom. The van der Waals surface area contributed by atoms with Gasteiger partial charge in [-0.1, -0.05) is 11.6 Å². The van der Waals surface area contributed by atoms with Crippen molar-refractivity contribution < 1.29 is 9.59 Å². The van der Waals surface area contributed by atoms with Crippen molar-refractivity contribution >= 4 is 23.4 Å². The molecule has 96 valence electrons. The molecule has 18 heavy (non-hydrogen) atoms. The normalized spacial score (nSPS) is 19.6. The van der Waals surface area contributed by atoms with Crippen LogP contribution in [0.3, 0.4) is 0 Å². The van der Waals surface area contributed by atoms with Gasteiger partial charge in [0.05, 0.1) is 12.4 Å². The Bertz CT molecular complexity index is 480. The van der Waals surface area contributed by atoms with Crippen molar-refractivity contribution in [2.75, 3.05) is 6.54 Å². The van der Waals surface area contributed by atoms with Gasteiger partial charge in [0.25, 0.3) is 5.91 Å². The summed E-state index contributed by atoms with van der Waals surface area (Å²) >= 11 is 5.69. The predicted octanol–water partition coefficient (Wildman–Crippen LogP) is 0.610. The summed E-state index contributed by atoms with van der Waals surface area (Å²) in [5.74, 6) is -0.841. The number of aromatic nitrogens is 2. The number of likely N-dealkylation sites (tertiary alicyclic amines) is 1. The van der Waals surface area contributed by atoms with Crippen LogP contribution in [0.15, 0.2) is 12.4 Å². The van der Waals surface area contributed by atoms with E-state index in [4.69, 9.17) is 17.3 Å². The molecule has 1 atom stereocenters. The molecule has 2 amide bonds. The van der Waals surface area contributed by atoms with Gasteiger partial charge in [0.15, 0.2) is 0 Å². The van der Waals surface area contributed by atoms with Gasteiger partial charge in [0, 0.05) is 6.54 Å². The number of halogens is 1. The first-order chi connectivity index (χ1) is 8.59. The minimum absolute atomic E-state index is 0.135. The molecule has 6 nitrogen and oxygen atoms in total. The van der Waals surface area contributed by atoms with Crippen molar-refractivity contribution in [3.8, 4) is 0 Å². The molecule has 0 aliphatic carbocycles. The van der Waals surface area contributed by atoms with Crippen molar-refractivity contribution in [2.45, 2.75) is 25.3 Å². The number of hydrogen-bond acceptors (Lipinski definition) is 4. The molecular formula is C11H13ClN4O2. The van der Waals surface area contributed by atoms with E-state index < -0.39 is 11.9 Å². The molecule has 1 aromatic rings. The highest BCUT2D eigenvalue weighted by Crippen LogP contribution is 2.19. The van der Waals surface area contributed by atoms with Crippen molar-refractivity contribution in [3.63, 3.8) is 0 Å². The molecular weight excluding hydrogens is 256 g/mol. The van der Waals surface area contributed by atoms with E-state index in [9.17, 15) is 9.59 Å². The molecule has 1 saturated heterocycles. The van der Waals surface area contributed by atoms with Crippen LogP contribution in [0.5, 0.6) is 0 Å². The molecule has 7 heteroatoms. The molecule has 0 saturated carbocycles. The molecule has 2 N–H and O–H groups in total. The molecule has 0 bridgehead atoms. The Kier molecular flexibility index (Phi) is 3.76. The Hall–Kier alpha value is -1.69. The molecule has 1 fully saturated rings. The fraction of sp³-hybridized carbons (Fsp3) is 0.455. The maximum Gasteiger partial charge on any atom is 0.274 e. The van der Waals surface area contributed by atoms with E-state index in [1.807, 2.05) is 0 Å². The highest BCUT2D eigenvalue weighted by molar-refractivity contribution is 6.29. The molecule has 2 rings (SSSR count). The SMILES string of the molecule is NC(=O)C1CCCCN1C(=O)c1cncc(Cl)n1. The Labute approximate surface area is 109 Å². The van der Waals surface area contributed by atoms with Gasteiger partial charge >= 0.3 is 0 Å². The molecule has 1 aliphatic heterocycles. The third-order valence-corrected chi connectivity index (χ3v) is 3.10. The molecule has 1 aromatic heterocycles. The van der Waals surface area contributed by atoms with E-state index in [2.05, 4.69) is 9.97 Å². The zero-order valence-electron chi connectivity index (χ0n) is 9.67. The molecule has 0 aromatic carbocycles. The molecule has 0 radical (unpaired) electrons. The van der Waals surface area contributed by atoms with Crippen molar-refractivity contribution in [1.29, 1.82) is 0 Å². The Morgan fingerprint density at radius 2 is 2.17 bits per heavy atom. The van der Waals surface area contributed by atoms with E-state index in [0.717, 1.165) is 12.8 Å². The van der Waals surface area contributed by atoms with Gasteiger partial charge in [0.2, 0.25) is 5.91 Å². The maximum atomic E-state index is 12.2. The zero-order chi connectivity index (χ0) is 13.1. The van der Waals surface area contributed by atoms with Crippen LogP contribution in [-0.2, 0) is 4.79 Å². The van der Waals surface area contributed by atoms with Crippen LogP contribution in [0.25, 0.3) is 0 Å². The van der Waals surface area contributed by atoms with E-state index in [1.54, 1.807) is 0 Å². The number of hydrogen-bond donors (Lipinski definition) is 1. The number of nitrogens with zero attached hydrogens (tertiary/aromatic N) is 3. The molecule has 0 spiro atoms. The number of carbonyl (C=O) groups is 2. The van der Waals surface area contributed by atoms with Gasteiger partial charge in [-0.3, -0.25) is 14.6 Å². The van der Waals surface area contributed by atoms with E-state index in [1.165, 1.54) is 17.3 Å². The van der Waals surface area contributed by atoms with Gasteiger partial charge in [-0.15, -0.1) is 0 Å². The van der Waals surface area contributed by atoms with Crippen LogP contribution in [0.4, 0.5) is 0 Å². The van der Waals surface area contributed by atoms with Crippen molar-refractivity contribution in [2.24, 2.45) is 5.73 Å². The van der Waals surface area contributed by atoms with E-state index >= 15 is 0 Å². The highest BCUT2D eigenvalue weighted by Gasteiger charge is 2.31. The number of amides is 2. The van der Waals surface area contributed by atoms with Crippen LogP contribution in [-0.4, -0.2) is 39.3 Å². The lowest BCUT2D eigenvalue weighted by atomic mass is 10.0. The lowest BCUT2D eigenvalue weighted by Gasteiger charge is -2.33. The summed E-state index contributed by atoms with van der Waals surface area (Å²) in [6.07, 6.45) is 5.01. The molecule has 1 aliphatic rings. The molecule has 2 heterocycles. The average Bonchev–Trinajstić information content (AvgIpc) is 2.38. The lowest BCUT2D eigenvalue weighted by molar-refractivity contribution is -0.123. The minimum Gasteiger partial charge on any atom is -0.368 e. The van der Waals surface area contributed by atoms with Gasteiger partial charge in [0.1, 0.15) is 16.9 Å².